The van der Waals surface area contributed by atoms with Gasteiger partial charge in [0.1, 0.15) is 23.0 Å². The van der Waals surface area contributed by atoms with Crippen molar-refractivity contribution in [1.29, 1.82) is 0 Å². The predicted molar refractivity (Wildman–Crippen MR) is 176 cm³/mol. The summed E-state index contributed by atoms with van der Waals surface area (Å²) < 4.78 is 25.1. The third kappa shape index (κ3) is 8.02. The van der Waals surface area contributed by atoms with Gasteiger partial charge in [-0.3, -0.25) is 0 Å². The summed E-state index contributed by atoms with van der Waals surface area (Å²) >= 11 is 0. The van der Waals surface area contributed by atoms with E-state index in [0.717, 1.165) is 34.1 Å². The standard InChI is InChI=1S/C35H40O4Si2/c1-9-27-11-19-31(20-12-27)36-40(5,6)38-33-23-15-29(16-24-33)35(3,4)30-17-25-34(26-18-30)39-41(7,8)37-32-21-13-28(10-2)14-22-32/h9-26H,1-2H2,3-8H3. The first-order chi connectivity index (χ1) is 19.4. The molecule has 0 aliphatic heterocycles. The van der Waals surface area contributed by atoms with Crippen molar-refractivity contribution in [1.82, 2.24) is 0 Å². The zero-order valence-corrected chi connectivity index (χ0v) is 26.9. The Labute approximate surface area is 247 Å². The Balaban J connectivity index is 1.39. The molecule has 0 atom stereocenters. The SMILES string of the molecule is C=Cc1ccc(O[Si](C)(C)Oc2ccc(C(C)(C)c3ccc(O[Si](C)(C)Oc4ccc(C=C)cc4)cc3)cc2)cc1. The van der Waals surface area contributed by atoms with E-state index >= 15 is 0 Å². The molecule has 41 heavy (non-hydrogen) atoms. The molecule has 0 saturated heterocycles. The Kier molecular flexibility index (Phi) is 8.95. The van der Waals surface area contributed by atoms with Crippen molar-refractivity contribution in [2.45, 2.75) is 45.5 Å². The third-order valence-corrected chi connectivity index (χ3v) is 9.75. The first-order valence-corrected chi connectivity index (χ1v) is 19.4. The molecule has 212 valence electrons. The molecule has 0 heterocycles. The lowest BCUT2D eigenvalue weighted by Crippen LogP contribution is -2.41. The van der Waals surface area contributed by atoms with Gasteiger partial charge in [-0.1, -0.05) is 87.7 Å². The second-order valence-corrected chi connectivity index (χ2v) is 17.8. The zero-order chi connectivity index (χ0) is 29.7. The highest BCUT2D eigenvalue weighted by molar-refractivity contribution is 6.66. The molecule has 6 heteroatoms. The highest BCUT2D eigenvalue weighted by Gasteiger charge is 2.31. The van der Waals surface area contributed by atoms with Crippen molar-refractivity contribution in [2.24, 2.45) is 0 Å². The molecule has 0 aromatic heterocycles. The summed E-state index contributed by atoms with van der Waals surface area (Å²) in [6.45, 7) is 20.2. The Morgan fingerprint density at radius 2 is 0.707 bits per heavy atom. The second kappa shape index (κ2) is 12.2. The van der Waals surface area contributed by atoms with Gasteiger partial charge < -0.3 is 17.7 Å². The highest BCUT2D eigenvalue weighted by Crippen LogP contribution is 2.34. The summed E-state index contributed by atoms with van der Waals surface area (Å²) in [4.78, 5) is 0. The molecule has 0 fully saturated rings. The van der Waals surface area contributed by atoms with Crippen LogP contribution in [0.3, 0.4) is 0 Å². The summed E-state index contributed by atoms with van der Waals surface area (Å²) in [5.74, 6) is 3.22. The van der Waals surface area contributed by atoms with Crippen molar-refractivity contribution >= 4 is 29.3 Å². The van der Waals surface area contributed by atoms with E-state index < -0.39 is 17.1 Å². The van der Waals surface area contributed by atoms with Crippen molar-refractivity contribution in [3.05, 3.63) is 132 Å². The fourth-order valence-corrected chi connectivity index (χ4v) is 7.46. The van der Waals surface area contributed by atoms with E-state index in [9.17, 15) is 0 Å². The molecule has 0 spiro atoms. The number of benzene rings is 4. The summed E-state index contributed by atoms with van der Waals surface area (Å²) in [6.07, 6.45) is 3.63. The molecule has 0 saturated carbocycles. The van der Waals surface area contributed by atoms with E-state index in [1.54, 1.807) is 0 Å². The molecule has 4 aromatic carbocycles. The van der Waals surface area contributed by atoms with Crippen LogP contribution in [0, 0.1) is 0 Å². The van der Waals surface area contributed by atoms with Gasteiger partial charge >= 0.3 is 17.1 Å². The van der Waals surface area contributed by atoms with Gasteiger partial charge in [-0.2, -0.15) is 0 Å². The second-order valence-electron chi connectivity index (χ2n) is 11.4. The van der Waals surface area contributed by atoms with Gasteiger partial charge in [0.15, 0.2) is 0 Å². The van der Waals surface area contributed by atoms with Crippen LogP contribution in [0.25, 0.3) is 12.2 Å². The van der Waals surface area contributed by atoms with Gasteiger partial charge in [0.05, 0.1) is 0 Å². The third-order valence-electron chi connectivity index (χ3n) is 6.84. The topological polar surface area (TPSA) is 36.9 Å². The predicted octanol–water partition coefficient (Wildman–Crippen LogP) is 9.62. The van der Waals surface area contributed by atoms with Crippen LogP contribution in [-0.4, -0.2) is 17.1 Å². The molecular formula is C35H40O4Si2. The Morgan fingerprint density at radius 3 is 0.951 bits per heavy atom. The van der Waals surface area contributed by atoms with Crippen LogP contribution in [0.4, 0.5) is 0 Å². The molecule has 4 rings (SSSR count). The molecule has 0 bridgehead atoms. The summed E-state index contributed by atoms with van der Waals surface area (Å²) in [6, 6.07) is 32.4. The fourth-order valence-electron chi connectivity index (χ4n) is 4.57. The minimum Gasteiger partial charge on any atom is -0.512 e. The maximum absolute atomic E-state index is 6.32. The van der Waals surface area contributed by atoms with Crippen molar-refractivity contribution in [3.8, 4) is 23.0 Å². The fraction of sp³-hybridized carbons (Fsp3) is 0.200. The zero-order valence-electron chi connectivity index (χ0n) is 24.9. The van der Waals surface area contributed by atoms with E-state index in [-0.39, 0.29) is 5.41 Å². The van der Waals surface area contributed by atoms with E-state index in [4.69, 9.17) is 17.7 Å². The molecule has 4 aromatic rings. The van der Waals surface area contributed by atoms with E-state index in [2.05, 4.69) is 51.3 Å². The Hall–Kier alpha value is -4.01. The van der Waals surface area contributed by atoms with Crippen LogP contribution < -0.4 is 17.7 Å². The van der Waals surface area contributed by atoms with Crippen molar-refractivity contribution < 1.29 is 17.7 Å². The molecule has 0 radical (unpaired) electrons. The quantitative estimate of drug-likeness (QED) is 0.156. The van der Waals surface area contributed by atoms with Gasteiger partial charge in [-0.05, 0) is 70.8 Å². The van der Waals surface area contributed by atoms with Crippen LogP contribution in [0.1, 0.15) is 36.1 Å². The molecule has 0 N–H and O–H groups in total. The summed E-state index contributed by atoms with van der Waals surface area (Å²) in [5.41, 5.74) is 4.30. The van der Waals surface area contributed by atoms with Gasteiger partial charge in [-0.15, -0.1) is 0 Å². The number of rotatable bonds is 12. The normalized spacial score (nSPS) is 11.9. The Bertz CT molecular complexity index is 1340. The van der Waals surface area contributed by atoms with Gasteiger partial charge in [0.25, 0.3) is 0 Å². The number of hydrogen-bond donors (Lipinski definition) is 0. The number of hydrogen-bond acceptors (Lipinski definition) is 4. The lowest BCUT2D eigenvalue weighted by atomic mass is 9.78. The first kappa shape index (κ1) is 30.0. The van der Waals surface area contributed by atoms with Crippen molar-refractivity contribution in [3.63, 3.8) is 0 Å². The van der Waals surface area contributed by atoms with E-state index in [1.165, 1.54) is 11.1 Å². The molecule has 0 amide bonds. The van der Waals surface area contributed by atoms with E-state index in [0.29, 0.717) is 0 Å². The average Bonchev–Trinajstić information content (AvgIpc) is 2.93. The lowest BCUT2D eigenvalue weighted by molar-refractivity contribution is 0.399. The lowest BCUT2D eigenvalue weighted by Gasteiger charge is -2.28. The monoisotopic (exact) mass is 580 g/mol. The van der Waals surface area contributed by atoms with Gasteiger partial charge in [0.2, 0.25) is 0 Å². The van der Waals surface area contributed by atoms with E-state index in [1.807, 2.05) is 111 Å². The largest absolute Gasteiger partial charge is 0.512 e. The molecule has 0 unspecified atom stereocenters. The van der Waals surface area contributed by atoms with Crippen LogP contribution in [0.5, 0.6) is 23.0 Å². The van der Waals surface area contributed by atoms with Crippen LogP contribution in [-0.2, 0) is 5.41 Å². The molecule has 0 aliphatic rings. The van der Waals surface area contributed by atoms with Crippen LogP contribution >= 0.6 is 0 Å². The van der Waals surface area contributed by atoms with Gasteiger partial charge in [0, 0.05) is 31.6 Å². The maximum atomic E-state index is 6.32. The Morgan fingerprint density at radius 1 is 0.463 bits per heavy atom. The first-order valence-electron chi connectivity index (χ1n) is 13.8. The minimum atomic E-state index is -2.45. The van der Waals surface area contributed by atoms with Crippen LogP contribution in [0.15, 0.2) is 110 Å². The molecule has 4 nitrogen and oxygen atoms in total. The van der Waals surface area contributed by atoms with Crippen LogP contribution in [0.2, 0.25) is 26.2 Å². The molecular weight excluding hydrogens is 541 g/mol. The summed E-state index contributed by atoms with van der Waals surface area (Å²) in [7, 11) is -4.89. The molecule has 0 aliphatic carbocycles. The average molecular weight is 581 g/mol. The van der Waals surface area contributed by atoms with Crippen molar-refractivity contribution in [2.75, 3.05) is 0 Å². The van der Waals surface area contributed by atoms with Gasteiger partial charge in [-0.25, -0.2) is 0 Å². The smallest absolute Gasteiger partial charge is 0.454 e. The highest BCUT2D eigenvalue weighted by atomic mass is 28.4. The summed E-state index contributed by atoms with van der Waals surface area (Å²) in [5, 5.41) is 0. The maximum Gasteiger partial charge on any atom is 0.454 e. The minimum absolute atomic E-state index is 0.205.